The van der Waals surface area contributed by atoms with Gasteiger partial charge in [0.25, 0.3) is 31.4 Å². The molecule has 2 aromatic carbocycles. The first-order chi connectivity index (χ1) is 24.5. The van der Waals surface area contributed by atoms with Gasteiger partial charge in [0.15, 0.2) is 10.3 Å². The average molecular weight is 791 g/mol. The number of thioether (sulfide) groups is 2. The summed E-state index contributed by atoms with van der Waals surface area (Å²) in [6.45, 7) is 3.87. The van der Waals surface area contributed by atoms with E-state index in [4.69, 9.17) is 0 Å². The number of rotatable bonds is 16. The highest BCUT2D eigenvalue weighted by atomic mass is 32.2. The summed E-state index contributed by atoms with van der Waals surface area (Å²) >= 11 is 1.93. The van der Waals surface area contributed by atoms with Gasteiger partial charge in [0.2, 0.25) is 11.8 Å². The van der Waals surface area contributed by atoms with Crippen molar-refractivity contribution < 1.29 is 35.5 Å². The van der Waals surface area contributed by atoms with E-state index in [1.165, 1.54) is 48.6 Å². The van der Waals surface area contributed by atoms with E-state index < -0.39 is 41.8 Å². The molecular weight excluding hydrogens is 757 g/mol. The molecule has 20 heteroatoms. The van der Waals surface area contributed by atoms with E-state index in [-0.39, 0.29) is 55.4 Å². The summed E-state index contributed by atoms with van der Waals surface area (Å²) < 4.78 is 68.9. The maximum absolute atomic E-state index is 12.6. The lowest BCUT2D eigenvalue weighted by Gasteiger charge is -2.10. The predicted octanol–water partition coefficient (Wildman–Crippen LogP) is 3.88. The summed E-state index contributed by atoms with van der Waals surface area (Å²) in [5.74, 6) is -1.48. The van der Waals surface area contributed by atoms with Gasteiger partial charge in [-0.3, -0.25) is 28.3 Å². The number of hydrogen-bond acceptors (Lipinski definition) is 12. The first-order valence-corrected chi connectivity index (χ1v) is 20.4. The summed E-state index contributed by atoms with van der Waals surface area (Å²) in [5, 5.41) is 5.50. The molecule has 2 heterocycles. The SMILES string of the molecule is CCCc1cc(=O)[nH]c(SCC(=O)Nc2ccc(/C=C/c3ccc(NC(=O)CSc4nc(CCC)cc(=O)[nH]4)cc3S(=O)(=O)O)c(S(=O)(=O)O)c2)n1. The minimum atomic E-state index is -4.86. The van der Waals surface area contributed by atoms with E-state index in [2.05, 4.69) is 30.6 Å². The molecule has 0 atom stereocenters. The number of aromatic nitrogens is 4. The highest BCUT2D eigenvalue weighted by molar-refractivity contribution is 8.00. The van der Waals surface area contributed by atoms with Crippen LogP contribution >= 0.6 is 23.5 Å². The van der Waals surface area contributed by atoms with Crippen LogP contribution in [0.25, 0.3) is 12.2 Å². The summed E-state index contributed by atoms with van der Waals surface area (Å²) in [6, 6.07) is 9.98. The van der Waals surface area contributed by atoms with Gasteiger partial charge in [-0.2, -0.15) is 16.8 Å². The zero-order valence-corrected chi connectivity index (χ0v) is 31.0. The molecular formula is C32H34N6O10S4. The lowest BCUT2D eigenvalue weighted by atomic mass is 10.1. The monoisotopic (exact) mass is 790 g/mol. The molecule has 0 unspecified atom stereocenters. The van der Waals surface area contributed by atoms with Gasteiger partial charge in [-0.15, -0.1) is 0 Å². The Bertz CT molecular complexity index is 2180. The van der Waals surface area contributed by atoms with Gasteiger partial charge in [0.05, 0.1) is 11.5 Å². The topological polar surface area (TPSA) is 258 Å². The number of hydrogen-bond donors (Lipinski definition) is 6. The Morgan fingerprint density at radius 2 is 1.08 bits per heavy atom. The van der Waals surface area contributed by atoms with Crippen molar-refractivity contribution in [1.29, 1.82) is 0 Å². The molecule has 0 aliphatic rings. The van der Waals surface area contributed by atoms with E-state index in [0.717, 1.165) is 48.5 Å². The molecule has 0 spiro atoms. The van der Waals surface area contributed by atoms with Crippen molar-refractivity contribution in [3.63, 3.8) is 0 Å². The molecule has 4 rings (SSSR count). The van der Waals surface area contributed by atoms with Gasteiger partial charge in [0, 0.05) is 34.9 Å². The van der Waals surface area contributed by atoms with Crippen LogP contribution in [0.2, 0.25) is 0 Å². The van der Waals surface area contributed by atoms with Crippen LogP contribution in [0.5, 0.6) is 0 Å². The van der Waals surface area contributed by atoms with E-state index in [0.29, 0.717) is 24.2 Å². The van der Waals surface area contributed by atoms with E-state index in [9.17, 15) is 45.1 Å². The van der Waals surface area contributed by atoms with Crippen LogP contribution in [0.1, 0.15) is 49.2 Å². The molecule has 0 fully saturated rings. The zero-order valence-electron chi connectivity index (χ0n) is 27.7. The number of H-pyrrole nitrogens is 2. The molecule has 6 N–H and O–H groups in total. The number of nitrogens with zero attached hydrogens (tertiary/aromatic N) is 2. The molecule has 0 radical (unpaired) electrons. The molecule has 16 nitrogen and oxygen atoms in total. The molecule has 4 aromatic rings. The second kappa shape index (κ2) is 17.8. The van der Waals surface area contributed by atoms with Crippen LogP contribution in [0.3, 0.4) is 0 Å². The van der Waals surface area contributed by atoms with Crippen molar-refractivity contribution in [3.05, 3.63) is 91.8 Å². The van der Waals surface area contributed by atoms with Crippen molar-refractivity contribution in [2.75, 3.05) is 22.1 Å². The van der Waals surface area contributed by atoms with E-state index in [1.807, 2.05) is 13.8 Å². The third kappa shape index (κ3) is 12.0. The number of carbonyl (C=O) groups is 2. The minimum Gasteiger partial charge on any atom is -0.325 e. The van der Waals surface area contributed by atoms with Crippen molar-refractivity contribution in [2.24, 2.45) is 0 Å². The van der Waals surface area contributed by atoms with Crippen LogP contribution < -0.4 is 21.8 Å². The van der Waals surface area contributed by atoms with Crippen molar-refractivity contribution in [1.82, 2.24) is 19.9 Å². The Morgan fingerprint density at radius 3 is 1.42 bits per heavy atom. The molecule has 276 valence electrons. The van der Waals surface area contributed by atoms with Crippen LogP contribution in [-0.2, 0) is 42.7 Å². The first-order valence-electron chi connectivity index (χ1n) is 15.5. The van der Waals surface area contributed by atoms with Crippen molar-refractivity contribution in [3.8, 4) is 0 Å². The number of aromatic amines is 2. The summed E-state index contributed by atoms with van der Waals surface area (Å²) in [5.41, 5.74) is 0.298. The average Bonchev–Trinajstić information content (AvgIpc) is 3.05. The maximum atomic E-state index is 12.6. The first kappa shape index (κ1) is 40.2. The fraction of sp³-hybridized carbons (Fsp3) is 0.250. The Morgan fingerprint density at radius 1 is 0.692 bits per heavy atom. The number of carbonyl (C=O) groups excluding carboxylic acids is 2. The maximum Gasteiger partial charge on any atom is 0.295 e. The van der Waals surface area contributed by atoms with Crippen LogP contribution in [0.15, 0.2) is 78.2 Å². The number of nitrogens with one attached hydrogen (secondary N) is 4. The highest BCUT2D eigenvalue weighted by Gasteiger charge is 2.19. The lowest BCUT2D eigenvalue weighted by Crippen LogP contribution is -2.16. The summed E-state index contributed by atoms with van der Waals surface area (Å²) in [4.78, 5) is 61.4. The smallest absolute Gasteiger partial charge is 0.295 e. The molecule has 0 saturated heterocycles. The Labute approximate surface area is 306 Å². The fourth-order valence-corrected chi connectivity index (χ4v) is 7.47. The van der Waals surface area contributed by atoms with Gasteiger partial charge in [0.1, 0.15) is 9.79 Å². The zero-order chi connectivity index (χ0) is 38.1. The number of amides is 2. The molecule has 52 heavy (non-hydrogen) atoms. The number of aryl methyl sites for hydroxylation is 2. The third-order valence-electron chi connectivity index (χ3n) is 6.83. The second-order valence-electron chi connectivity index (χ2n) is 11.0. The fourth-order valence-electron chi connectivity index (χ4n) is 4.66. The predicted molar refractivity (Wildman–Crippen MR) is 198 cm³/mol. The number of anilines is 2. The molecule has 0 aliphatic heterocycles. The molecule has 2 aromatic heterocycles. The summed E-state index contributed by atoms with van der Waals surface area (Å²) in [6.07, 6.45) is 5.07. The van der Waals surface area contributed by atoms with Crippen LogP contribution in [-0.4, -0.2) is 69.2 Å². The molecule has 0 bridgehead atoms. The normalized spacial score (nSPS) is 11.8. The minimum absolute atomic E-state index is 0.0178. The highest BCUT2D eigenvalue weighted by Crippen LogP contribution is 2.27. The summed E-state index contributed by atoms with van der Waals surface area (Å²) in [7, 11) is -9.71. The van der Waals surface area contributed by atoms with Crippen molar-refractivity contribution >= 4 is 79.1 Å². The van der Waals surface area contributed by atoms with Gasteiger partial charge >= 0.3 is 0 Å². The van der Waals surface area contributed by atoms with Gasteiger partial charge in [-0.1, -0.05) is 74.5 Å². The van der Waals surface area contributed by atoms with Crippen molar-refractivity contribution in [2.45, 2.75) is 59.6 Å². The lowest BCUT2D eigenvalue weighted by molar-refractivity contribution is -0.114. The van der Waals surface area contributed by atoms with Crippen LogP contribution in [0.4, 0.5) is 11.4 Å². The number of benzene rings is 2. The third-order valence-corrected chi connectivity index (χ3v) is 10.4. The van der Waals surface area contributed by atoms with Gasteiger partial charge in [-0.25, -0.2) is 9.97 Å². The Hall–Kier alpha value is -4.60. The largest absolute Gasteiger partial charge is 0.325 e. The van der Waals surface area contributed by atoms with Gasteiger partial charge in [-0.05, 0) is 48.2 Å². The Kier molecular flexibility index (Phi) is 13.7. The molecule has 0 saturated carbocycles. The van der Waals surface area contributed by atoms with E-state index >= 15 is 0 Å². The van der Waals surface area contributed by atoms with Gasteiger partial charge < -0.3 is 20.6 Å². The standard InChI is InChI=1S/C32H34N6O10S4/c1-3-5-21-15-27(39)37-31(35-21)49-17-29(41)33-23-11-9-19(25(13-23)51(43,44)45)7-8-20-10-12-24(14-26(20)52(46,47)48)34-30(42)18-50-32-36-22(6-4-2)16-28(40)38-32/h7-16H,3-6,17-18H2,1-2H3,(H,33,41)(H,34,42)(H,35,37,39)(H,36,38,40)(H,43,44,45)(H,46,47,48)/b8-7+. The van der Waals surface area contributed by atoms with Crippen LogP contribution in [0, 0.1) is 0 Å². The molecule has 2 amide bonds. The Balaban J connectivity index is 1.48. The quantitative estimate of drug-likeness (QED) is 0.0408. The molecule has 0 aliphatic carbocycles. The second-order valence-corrected chi connectivity index (χ2v) is 15.8. The van der Waals surface area contributed by atoms with E-state index in [1.54, 1.807) is 0 Å².